The van der Waals surface area contributed by atoms with Crippen LogP contribution in [-0.2, 0) is 0 Å². The van der Waals surface area contributed by atoms with E-state index in [1.807, 2.05) is 24.3 Å². The maximum Gasteiger partial charge on any atom is 0.161 e. The Balaban J connectivity index is 1.10. The van der Waals surface area contributed by atoms with Crippen LogP contribution in [-0.4, -0.2) is 9.97 Å². The fourth-order valence-corrected chi connectivity index (χ4v) is 7.42. The second-order valence-electron chi connectivity index (χ2n) is 13.4. The van der Waals surface area contributed by atoms with Crippen molar-refractivity contribution >= 4 is 32.8 Å². The van der Waals surface area contributed by atoms with Gasteiger partial charge in [0.2, 0.25) is 0 Å². The number of furan rings is 1. The number of aromatic nitrogens is 2. The first kappa shape index (κ1) is 30.7. The number of hydrogen-bond acceptors (Lipinski definition) is 3. The third kappa shape index (κ3) is 5.65. The van der Waals surface area contributed by atoms with E-state index in [0.29, 0.717) is 5.82 Å². The summed E-state index contributed by atoms with van der Waals surface area (Å²) in [4.78, 5) is 10.5. The molecule has 0 unspecified atom stereocenters. The minimum Gasteiger partial charge on any atom is -0.454 e. The van der Waals surface area contributed by atoms with Gasteiger partial charge in [-0.3, -0.25) is 0 Å². The molecule has 10 aromatic rings. The predicted molar refractivity (Wildman–Crippen MR) is 219 cm³/mol. The van der Waals surface area contributed by atoms with E-state index in [1.54, 1.807) is 0 Å². The molecule has 3 heteroatoms. The Morgan fingerprint density at radius 3 is 1.40 bits per heavy atom. The molecule has 0 bridgehead atoms. The summed E-state index contributed by atoms with van der Waals surface area (Å²) in [5.74, 6) is 0.658. The molecule has 53 heavy (non-hydrogen) atoms. The molecule has 0 aliphatic carbocycles. The number of fused-ring (bicyclic) bond motifs is 5. The van der Waals surface area contributed by atoms with Crippen LogP contribution in [0.1, 0.15) is 0 Å². The van der Waals surface area contributed by atoms with Crippen molar-refractivity contribution in [1.82, 2.24) is 9.97 Å². The largest absolute Gasteiger partial charge is 0.454 e. The van der Waals surface area contributed by atoms with Crippen molar-refractivity contribution < 1.29 is 4.42 Å². The molecule has 0 radical (unpaired) electrons. The summed E-state index contributed by atoms with van der Waals surface area (Å²) in [7, 11) is 0. The Hall–Kier alpha value is -7.10. The molecule has 2 heterocycles. The van der Waals surface area contributed by atoms with Crippen LogP contribution in [0.4, 0.5) is 0 Å². The number of hydrogen-bond donors (Lipinski definition) is 0. The molecule has 0 spiro atoms. The molecule has 0 aliphatic heterocycles. The number of nitrogens with zero attached hydrogens (tertiary/aromatic N) is 2. The van der Waals surface area contributed by atoms with Crippen LogP contribution in [0.5, 0.6) is 0 Å². The molecule has 0 fully saturated rings. The minimum absolute atomic E-state index is 0.658. The van der Waals surface area contributed by atoms with Crippen LogP contribution < -0.4 is 0 Å². The SMILES string of the molecule is c1ccc(-c2cc(-c3ccccc3)cc(-c3cccc(-c4cccc(-c5nc(-c6ccccc6)c6ccc7c8ccccc8oc7c6n5)c4)c3)c2)cc1. The highest BCUT2D eigenvalue weighted by molar-refractivity contribution is 6.15. The van der Waals surface area contributed by atoms with E-state index < -0.39 is 0 Å². The van der Waals surface area contributed by atoms with E-state index >= 15 is 0 Å². The second-order valence-corrected chi connectivity index (χ2v) is 13.4. The van der Waals surface area contributed by atoms with Gasteiger partial charge in [0.15, 0.2) is 11.4 Å². The van der Waals surface area contributed by atoms with Gasteiger partial charge in [0.25, 0.3) is 0 Å². The lowest BCUT2D eigenvalue weighted by atomic mass is 9.92. The maximum atomic E-state index is 6.48. The summed E-state index contributed by atoms with van der Waals surface area (Å²) >= 11 is 0. The van der Waals surface area contributed by atoms with Crippen molar-refractivity contribution in [3.8, 4) is 67.2 Å². The lowest BCUT2D eigenvalue weighted by molar-refractivity contribution is 0.671. The van der Waals surface area contributed by atoms with Gasteiger partial charge in [-0.05, 0) is 93.0 Å². The van der Waals surface area contributed by atoms with E-state index in [2.05, 4.69) is 170 Å². The lowest BCUT2D eigenvalue weighted by Crippen LogP contribution is -1.96. The van der Waals surface area contributed by atoms with Gasteiger partial charge in [-0.1, -0.05) is 146 Å². The smallest absolute Gasteiger partial charge is 0.161 e. The zero-order chi connectivity index (χ0) is 35.1. The minimum atomic E-state index is 0.658. The van der Waals surface area contributed by atoms with Crippen LogP contribution in [0.15, 0.2) is 199 Å². The zero-order valence-electron chi connectivity index (χ0n) is 28.8. The average Bonchev–Trinajstić information content (AvgIpc) is 3.63. The molecule has 0 saturated carbocycles. The van der Waals surface area contributed by atoms with Crippen molar-refractivity contribution in [1.29, 1.82) is 0 Å². The Morgan fingerprint density at radius 1 is 0.302 bits per heavy atom. The Labute approximate surface area is 307 Å². The molecule has 10 rings (SSSR count). The maximum absolute atomic E-state index is 6.48. The van der Waals surface area contributed by atoms with Gasteiger partial charge in [0, 0.05) is 27.3 Å². The third-order valence-electron chi connectivity index (χ3n) is 10.1. The lowest BCUT2D eigenvalue weighted by Gasteiger charge is -2.13. The highest BCUT2D eigenvalue weighted by atomic mass is 16.3. The van der Waals surface area contributed by atoms with Crippen molar-refractivity contribution in [2.75, 3.05) is 0 Å². The van der Waals surface area contributed by atoms with Gasteiger partial charge in [-0.2, -0.15) is 0 Å². The zero-order valence-corrected chi connectivity index (χ0v) is 28.8. The molecule has 0 amide bonds. The van der Waals surface area contributed by atoms with Gasteiger partial charge in [-0.25, -0.2) is 9.97 Å². The first-order chi connectivity index (χ1) is 26.2. The van der Waals surface area contributed by atoms with Gasteiger partial charge in [0.1, 0.15) is 11.1 Å². The van der Waals surface area contributed by atoms with Gasteiger partial charge in [0.05, 0.1) is 5.69 Å². The summed E-state index contributed by atoms with van der Waals surface area (Å²) in [6.45, 7) is 0. The first-order valence-electron chi connectivity index (χ1n) is 17.9. The fourth-order valence-electron chi connectivity index (χ4n) is 7.42. The van der Waals surface area contributed by atoms with Crippen molar-refractivity contribution in [2.24, 2.45) is 0 Å². The Kier molecular flexibility index (Phi) is 7.47. The van der Waals surface area contributed by atoms with E-state index in [0.717, 1.165) is 66.4 Å². The molecule has 0 atom stereocenters. The third-order valence-corrected chi connectivity index (χ3v) is 10.1. The molecule has 0 saturated heterocycles. The van der Waals surface area contributed by atoms with Crippen LogP contribution in [0, 0.1) is 0 Å². The molecule has 3 nitrogen and oxygen atoms in total. The molecule has 8 aromatic carbocycles. The molecule has 0 N–H and O–H groups in total. The first-order valence-corrected chi connectivity index (χ1v) is 17.9. The normalized spacial score (nSPS) is 11.4. The summed E-state index contributed by atoms with van der Waals surface area (Å²) in [5.41, 5.74) is 14.6. The number of benzene rings is 8. The predicted octanol–water partition coefficient (Wildman–Crippen LogP) is 13.5. The topological polar surface area (TPSA) is 38.9 Å². The van der Waals surface area contributed by atoms with E-state index in [1.165, 1.54) is 27.8 Å². The number of rotatable bonds is 6. The highest BCUT2D eigenvalue weighted by Crippen LogP contribution is 2.39. The summed E-state index contributed by atoms with van der Waals surface area (Å²) in [6.07, 6.45) is 0. The second kappa shape index (κ2) is 12.9. The molecule has 248 valence electrons. The quantitative estimate of drug-likeness (QED) is 0.176. The molecule has 0 aliphatic rings. The monoisotopic (exact) mass is 676 g/mol. The van der Waals surface area contributed by atoms with Crippen molar-refractivity contribution in [2.45, 2.75) is 0 Å². The Bertz CT molecular complexity index is 2870. The summed E-state index contributed by atoms with van der Waals surface area (Å²) < 4.78 is 6.48. The van der Waals surface area contributed by atoms with Gasteiger partial charge in [-0.15, -0.1) is 0 Å². The van der Waals surface area contributed by atoms with Crippen LogP contribution >= 0.6 is 0 Å². The average molecular weight is 677 g/mol. The van der Waals surface area contributed by atoms with Crippen LogP contribution in [0.2, 0.25) is 0 Å². The highest BCUT2D eigenvalue weighted by Gasteiger charge is 2.18. The van der Waals surface area contributed by atoms with Crippen LogP contribution in [0.25, 0.3) is 100.0 Å². The number of para-hydroxylation sites is 1. The summed E-state index contributed by atoms with van der Waals surface area (Å²) in [5, 5.41) is 3.09. The standard InChI is InChI=1S/C50H32N2O/c1-4-14-33(15-5-1)40-30-41(34-16-6-2-7-17-34)32-42(31-40)38-22-12-20-36(28-38)37-21-13-23-39(29-37)50-51-47(35-18-8-3-9-19-35)45-27-26-44-43-24-10-11-25-46(43)53-49(44)48(45)52-50/h1-32H. The van der Waals surface area contributed by atoms with E-state index in [9.17, 15) is 0 Å². The molecular weight excluding hydrogens is 645 g/mol. The molecule has 2 aromatic heterocycles. The van der Waals surface area contributed by atoms with Crippen LogP contribution in [0.3, 0.4) is 0 Å². The Morgan fingerprint density at radius 2 is 0.755 bits per heavy atom. The van der Waals surface area contributed by atoms with Crippen molar-refractivity contribution in [3.05, 3.63) is 194 Å². The summed E-state index contributed by atoms with van der Waals surface area (Å²) in [6, 6.07) is 68.2. The van der Waals surface area contributed by atoms with E-state index in [-0.39, 0.29) is 0 Å². The van der Waals surface area contributed by atoms with E-state index in [4.69, 9.17) is 14.4 Å². The van der Waals surface area contributed by atoms with Gasteiger partial charge >= 0.3 is 0 Å². The fraction of sp³-hybridized carbons (Fsp3) is 0. The molecular formula is C50H32N2O. The van der Waals surface area contributed by atoms with Gasteiger partial charge < -0.3 is 4.42 Å². The van der Waals surface area contributed by atoms with Crippen molar-refractivity contribution in [3.63, 3.8) is 0 Å².